The Balaban J connectivity index is 4.01. The van der Waals surface area contributed by atoms with Gasteiger partial charge >= 0.3 is 0 Å². The van der Waals surface area contributed by atoms with E-state index in [9.17, 15) is 0 Å². The summed E-state index contributed by atoms with van der Waals surface area (Å²) < 4.78 is -0.913. The van der Waals surface area contributed by atoms with Crippen LogP contribution in [0.2, 0.25) is 18.8 Å². The Hall–Kier alpha value is 2.36. The lowest BCUT2D eigenvalue weighted by Crippen LogP contribution is -2.29. The zero-order valence-electron chi connectivity index (χ0n) is 6.13. The minimum atomic E-state index is -1.01. The van der Waals surface area contributed by atoms with E-state index < -0.39 is 8.64 Å². The van der Waals surface area contributed by atoms with Crippen LogP contribution >= 0.6 is 65.4 Å². The summed E-state index contributed by atoms with van der Waals surface area (Å²) in [6.45, 7) is 8.66. The summed E-state index contributed by atoms with van der Waals surface area (Å²) in [4.78, 5) is 0. The molecule has 0 spiro atoms. The first kappa shape index (κ1) is 12.4. The summed E-state index contributed by atoms with van der Waals surface area (Å²) in [7, 11) is -1.01. The largest absolute Gasteiger partial charge is 0.251 e. The molecule has 0 N–H and O–H groups in total. The van der Waals surface area contributed by atoms with Crippen LogP contribution in [0.4, 0.5) is 0 Å². The third kappa shape index (κ3) is 7.04. The van der Waals surface area contributed by atoms with Gasteiger partial charge < -0.3 is 0 Å². The summed E-state index contributed by atoms with van der Waals surface area (Å²) >= 11 is 7.87. The van der Waals surface area contributed by atoms with E-state index in [1.54, 1.807) is 0 Å². The van der Waals surface area contributed by atoms with Crippen molar-refractivity contribution < 1.29 is 0 Å². The van der Waals surface area contributed by atoms with E-state index in [0.29, 0.717) is 0 Å². The Bertz CT molecular complexity index is 127. The van der Waals surface area contributed by atoms with Crippen LogP contribution in [-0.2, 0) is 0 Å². The summed E-state index contributed by atoms with van der Waals surface area (Å²) in [5, 5.41) is 0. The van der Waals surface area contributed by atoms with Gasteiger partial charge in [0.15, 0.2) is 0 Å². The van der Waals surface area contributed by atoms with E-state index in [2.05, 4.69) is 90.8 Å². The maximum atomic E-state index is 3.89. The predicted molar refractivity (Wildman–Crippen MR) is 80.3 cm³/mol. The number of halogens is 3. The zero-order chi connectivity index (χ0) is 8.41. The second-order valence-corrected chi connectivity index (χ2v) is 45.2. The van der Waals surface area contributed by atoms with E-state index in [-0.39, 0.29) is 0 Å². The highest BCUT2D eigenvalue weighted by molar-refractivity contribution is 14.4. The van der Waals surface area contributed by atoms with Crippen LogP contribution in [-0.4, -0.2) is 8.64 Å². The normalized spacial score (nSPS) is 13.3. The van der Waals surface area contributed by atoms with Gasteiger partial charge in [0.1, 0.15) is 0 Å². The highest BCUT2D eigenvalue weighted by Crippen LogP contribution is 2.37. The van der Waals surface area contributed by atoms with Gasteiger partial charge in [-0.1, -0.05) is 78.5 Å². The van der Waals surface area contributed by atoms with Gasteiger partial charge in [-0.3, -0.25) is 0 Å². The lowest BCUT2D eigenvalue weighted by molar-refractivity contribution is 1.71. The molecule has 0 saturated carbocycles. The van der Waals surface area contributed by atoms with E-state index in [1.807, 2.05) is 0 Å². The Morgan fingerprint density at radius 1 is 1.30 bits per heavy atom. The maximum absolute atomic E-state index is 3.89. The van der Waals surface area contributed by atoms with Crippen LogP contribution in [0.25, 0.3) is 0 Å². The van der Waals surface area contributed by atoms with Crippen molar-refractivity contribution in [1.82, 2.24) is 0 Å². The Morgan fingerprint density at radius 2 is 1.70 bits per heavy atom. The molecule has 5 heteroatoms. The van der Waals surface area contributed by atoms with Gasteiger partial charge in [0.05, 0.1) is 8.07 Å². The molecule has 0 fully saturated rings. The number of rotatable bonds is 3. The highest BCUT2D eigenvalue weighted by Gasteiger charge is 2.31. The number of hydrogen-bond donors (Lipinski definition) is 0. The molecule has 0 aliphatic rings. The van der Waals surface area contributed by atoms with Gasteiger partial charge in [-0.25, -0.2) is 0 Å². The van der Waals surface area contributed by atoms with E-state index in [4.69, 9.17) is 0 Å². The standard InChI is InChI=1S/C5H11I3Si2/c1-4-9(2,3)5-10(6,7)8/h4H,1,5H2,2-3H3. The molecule has 0 radical (unpaired) electrons. The van der Waals surface area contributed by atoms with Crippen molar-refractivity contribution in [1.29, 1.82) is 0 Å². The van der Waals surface area contributed by atoms with Crippen LogP contribution in [0.1, 0.15) is 0 Å². The molecule has 0 aromatic rings. The van der Waals surface area contributed by atoms with Gasteiger partial charge in [0.2, 0.25) is 0 Å². The molecule has 0 aliphatic heterocycles. The molecule has 0 heterocycles. The fraction of sp³-hybridized carbons (Fsp3) is 0.600. The van der Waals surface area contributed by atoms with Crippen molar-refractivity contribution in [2.24, 2.45) is 0 Å². The second kappa shape index (κ2) is 4.56. The molecule has 0 saturated heterocycles. The first-order chi connectivity index (χ1) is 4.27. The molecule has 0 rings (SSSR count). The van der Waals surface area contributed by atoms with Crippen molar-refractivity contribution in [2.75, 3.05) is 0 Å². The van der Waals surface area contributed by atoms with Crippen molar-refractivity contribution >= 4 is 74.0 Å². The van der Waals surface area contributed by atoms with Crippen molar-refractivity contribution in [3.63, 3.8) is 0 Å². The van der Waals surface area contributed by atoms with Crippen molar-refractivity contribution in [2.45, 2.75) is 18.8 Å². The van der Waals surface area contributed by atoms with Gasteiger partial charge in [-0.05, 0) is 5.67 Å². The van der Waals surface area contributed by atoms with Crippen molar-refractivity contribution in [3.05, 3.63) is 12.3 Å². The Morgan fingerprint density at radius 3 is 1.80 bits per heavy atom. The summed E-state index contributed by atoms with van der Waals surface area (Å²) in [6.07, 6.45) is 0. The Kier molecular flexibility index (Phi) is 5.64. The SMILES string of the molecule is C=C[Si](C)(C)C[Si](I)(I)I. The molecule has 0 aliphatic carbocycles. The highest BCUT2D eigenvalue weighted by atomic mass is 127. The maximum Gasteiger partial charge on any atom is 0.251 e. The van der Waals surface area contributed by atoms with Crippen LogP contribution in [0, 0.1) is 0 Å². The van der Waals surface area contributed by atoms with Crippen molar-refractivity contribution in [3.8, 4) is 0 Å². The molecular weight excluding hydrogens is 497 g/mol. The molecule has 60 valence electrons. The topological polar surface area (TPSA) is 0 Å². The van der Waals surface area contributed by atoms with Gasteiger partial charge in [-0.15, -0.1) is 12.3 Å². The van der Waals surface area contributed by atoms with E-state index in [0.717, 1.165) is 0 Å². The third-order valence-corrected chi connectivity index (χ3v) is 17.9. The predicted octanol–water partition coefficient (Wildman–Crippen LogP) is 4.20. The molecule has 0 nitrogen and oxygen atoms in total. The van der Waals surface area contributed by atoms with Crippen LogP contribution < -0.4 is 0 Å². The van der Waals surface area contributed by atoms with Crippen LogP contribution in [0.5, 0.6) is 0 Å². The molecule has 0 amide bonds. The monoisotopic (exact) mass is 508 g/mol. The fourth-order valence-electron chi connectivity index (χ4n) is 0.589. The molecule has 10 heavy (non-hydrogen) atoms. The Labute approximate surface area is 103 Å². The van der Waals surface area contributed by atoms with E-state index in [1.165, 1.54) is 5.67 Å². The summed E-state index contributed by atoms with van der Waals surface area (Å²) in [6, 6.07) is 0. The summed E-state index contributed by atoms with van der Waals surface area (Å²) in [5.41, 5.74) is 3.63. The molecular formula is C5H11I3Si2. The zero-order valence-corrected chi connectivity index (χ0v) is 14.6. The van der Waals surface area contributed by atoms with Gasteiger partial charge in [0.25, 0.3) is 0.564 Å². The fourth-order valence-corrected chi connectivity index (χ4v) is 31.8. The minimum absolute atomic E-state index is 0.913. The van der Waals surface area contributed by atoms with Crippen LogP contribution in [0.3, 0.4) is 0 Å². The lowest BCUT2D eigenvalue weighted by atomic mass is 11.3. The molecule has 0 aromatic carbocycles. The average Bonchev–Trinajstić information content (AvgIpc) is 1.60. The average molecular weight is 508 g/mol. The first-order valence-corrected chi connectivity index (χ1v) is 17.8. The molecule has 0 atom stereocenters. The minimum Gasteiger partial charge on any atom is -0.107 e. The molecule has 0 unspecified atom stereocenters. The lowest BCUT2D eigenvalue weighted by Gasteiger charge is -2.21. The smallest absolute Gasteiger partial charge is 0.107 e. The number of hydrogen-bond acceptors (Lipinski definition) is 0. The third-order valence-electron chi connectivity index (χ3n) is 1.21. The van der Waals surface area contributed by atoms with Gasteiger partial charge in [0, 0.05) is 0 Å². The molecule has 0 aromatic heterocycles. The van der Waals surface area contributed by atoms with E-state index >= 15 is 0 Å². The quantitative estimate of drug-likeness (QED) is 0.305. The first-order valence-electron chi connectivity index (χ1n) is 2.97. The summed E-state index contributed by atoms with van der Waals surface area (Å²) in [5.74, 6) is 0. The molecule has 0 bridgehead atoms. The van der Waals surface area contributed by atoms with Crippen LogP contribution in [0.15, 0.2) is 12.3 Å². The van der Waals surface area contributed by atoms with Gasteiger partial charge in [-0.2, -0.15) is 0 Å². The second-order valence-electron chi connectivity index (χ2n) is 2.98.